The first-order chi connectivity index (χ1) is 7.88. The molecule has 92 valence electrons. The Hall–Kier alpha value is -0.820. The fraction of sp³-hybridized carbons (Fsp3) is 0.600. The highest BCUT2D eigenvalue weighted by Crippen LogP contribution is 2.13. The van der Waals surface area contributed by atoms with E-state index in [9.17, 15) is 0 Å². The van der Waals surface area contributed by atoms with Gasteiger partial charge in [0, 0.05) is 6.61 Å². The molecule has 0 atom stereocenters. The Morgan fingerprint density at radius 2 is 1.50 bits per heavy atom. The van der Waals surface area contributed by atoms with E-state index in [1.165, 1.54) is 30.4 Å². The van der Waals surface area contributed by atoms with Crippen molar-refractivity contribution in [3.05, 3.63) is 35.4 Å². The number of unbranched alkanes of at least 4 members (excludes halogenated alkanes) is 2. The number of hydrogen-bond donors (Lipinski definition) is 1. The summed E-state index contributed by atoms with van der Waals surface area (Å²) < 4.78 is 0. The zero-order valence-corrected chi connectivity index (χ0v) is 11.0. The van der Waals surface area contributed by atoms with Gasteiger partial charge >= 0.3 is 0 Å². The molecule has 1 rings (SSSR count). The normalized spacial score (nSPS) is 9.50. The van der Waals surface area contributed by atoms with E-state index in [1.807, 2.05) is 19.9 Å². The van der Waals surface area contributed by atoms with Crippen molar-refractivity contribution in [1.82, 2.24) is 0 Å². The maximum Gasteiger partial charge on any atom is 0.0471 e. The fourth-order valence-electron chi connectivity index (χ4n) is 1.73. The van der Waals surface area contributed by atoms with Crippen LogP contribution in [-0.2, 0) is 12.8 Å². The van der Waals surface area contributed by atoms with Crippen molar-refractivity contribution in [1.29, 1.82) is 0 Å². The largest absolute Gasteiger partial charge is 0.396 e. The van der Waals surface area contributed by atoms with E-state index in [4.69, 9.17) is 5.11 Å². The first-order valence-corrected chi connectivity index (χ1v) is 6.56. The van der Waals surface area contributed by atoms with Gasteiger partial charge < -0.3 is 5.11 Å². The van der Waals surface area contributed by atoms with E-state index < -0.39 is 0 Å². The Kier molecular flexibility index (Phi) is 10.1. The number of benzene rings is 1. The predicted octanol–water partition coefficient (Wildman–Crippen LogP) is 3.98. The van der Waals surface area contributed by atoms with E-state index in [2.05, 4.69) is 25.1 Å². The molecule has 0 aliphatic rings. The third-order valence-corrected chi connectivity index (χ3v) is 2.55. The minimum absolute atomic E-state index is 0.255. The monoisotopic (exact) mass is 222 g/mol. The molecule has 0 fully saturated rings. The third kappa shape index (κ3) is 5.92. The first-order valence-electron chi connectivity index (χ1n) is 6.56. The van der Waals surface area contributed by atoms with Crippen molar-refractivity contribution < 1.29 is 5.11 Å². The molecule has 1 heteroatoms. The molecular weight excluding hydrogens is 196 g/mol. The van der Waals surface area contributed by atoms with Crippen molar-refractivity contribution in [2.45, 2.75) is 52.9 Å². The molecule has 0 unspecified atom stereocenters. The Bertz CT molecular complexity index is 255. The quantitative estimate of drug-likeness (QED) is 0.722. The molecule has 0 aromatic heterocycles. The standard InChI is InChI=1S/C13H20O.C2H6/c1-2-3-4-7-12-8-5-6-9-13(12)10-11-14;1-2/h5-6,8-9,14H,2-4,7,10-11H2,1H3;1-2H3. The predicted molar refractivity (Wildman–Crippen MR) is 71.8 cm³/mol. The smallest absolute Gasteiger partial charge is 0.0471 e. The second-order valence-electron chi connectivity index (χ2n) is 3.70. The Labute approximate surface area is 101 Å². The van der Waals surface area contributed by atoms with Crippen LogP contribution in [0.3, 0.4) is 0 Å². The van der Waals surface area contributed by atoms with Crippen LogP contribution in [0.1, 0.15) is 51.2 Å². The fourth-order valence-corrected chi connectivity index (χ4v) is 1.73. The van der Waals surface area contributed by atoms with Crippen molar-refractivity contribution in [2.24, 2.45) is 0 Å². The lowest BCUT2D eigenvalue weighted by Crippen LogP contribution is -1.97. The highest BCUT2D eigenvalue weighted by molar-refractivity contribution is 5.27. The van der Waals surface area contributed by atoms with Gasteiger partial charge in [-0.15, -0.1) is 0 Å². The molecule has 16 heavy (non-hydrogen) atoms. The van der Waals surface area contributed by atoms with Crippen molar-refractivity contribution >= 4 is 0 Å². The molecule has 1 N–H and O–H groups in total. The van der Waals surface area contributed by atoms with E-state index >= 15 is 0 Å². The van der Waals surface area contributed by atoms with Crippen molar-refractivity contribution in [2.75, 3.05) is 6.61 Å². The zero-order chi connectivity index (χ0) is 12.2. The maximum absolute atomic E-state index is 8.92. The third-order valence-electron chi connectivity index (χ3n) is 2.55. The lowest BCUT2D eigenvalue weighted by molar-refractivity contribution is 0.299. The van der Waals surface area contributed by atoms with Gasteiger partial charge in [0.2, 0.25) is 0 Å². The molecule has 0 radical (unpaired) electrons. The van der Waals surface area contributed by atoms with Crippen LogP contribution in [0.4, 0.5) is 0 Å². The van der Waals surface area contributed by atoms with Crippen LogP contribution in [0.5, 0.6) is 0 Å². The van der Waals surface area contributed by atoms with E-state index in [1.54, 1.807) is 0 Å². The average Bonchev–Trinajstić information content (AvgIpc) is 2.35. The number of aliphatic hydroxyl groups is 1. The molecule has 0 heterocycles. The molecule has 0 spiro atoms. The molecule has 0 saturated carbocycles. The first kappa shape index (κ1) is 15.2. The molecule has 0 bridgehead atoms. The molecule has 1 aromatic rings. The SMILES string of the molecule is CC.CCCCCc1ccccc1CCO. The van der Waals surface area contributed by atoms with Gasteiger partial charge in [0.05, 0.1) is 0 Å². The highest BCUT2D eigenvalue weighted by Gasteiger charge is 2.00. The summed E-state index contributed by atoms with van der Waals surface area (Å²) in [4.78, 5) is 0. The topological polar surface area (TPSA) is 20.2 Å². The molecular formula is C15H26O. The Morgan fingerprint density at radius 3 is 2.00 bits per heavy atom. The summed E-state index contributed by atoms with van der Waals surface area (Å²) >= 11 is 0. The maximum atomic E-state index is 8.92. The van der Waals surface area contributed by atoms with Crippen LogP contribution >= 0.6 is 0 Å². The van der Waals surface area contributed by atoms with E-state index in [-0.39, 0.29) is 6.61 Å². The van der Waals surface area contributed by atoms with Gasteiger partial charge in [-0.1, -0.05) is 57.9 Å². The summed E-state index contributed by atoms with van der Waals surface area (Å²) in [6, 6.07) is 8.44. The van der Waals surface area contributed by atoms with Gasteiger partial charge in [-0.3, -0.25) is 0 Å². The van der Waals surface area contributed by atoms with E-state index in [0.717, 1.165) is 12.8 Å². The number of hydrogen-bond acceptors (Lipinski definition) is 1. The summed E-state index contributed by atoms with van der Waals surface area (Å²) in [6.07, 6.45) is 5.78. The number of aliphatic hydroxyl groups excluding tert-OH is 1. The Morgan fingerprint density at radius 1 is 0.938 bits per heavy atom. The van der Waals surface area contributed by atoms with E-state index in [0.29, 0.717) is 0 Å². The minimum Gasteiger partial charge on any atom is -0.396 e. The molecule has 0 amide bonds. The summed E-state index contributed by atoms with van der Waals surface area (Å²) in [5, 5.41) is 8.92. The molecule has 0 aliphatic heterocycles. The van der Waals surface area contributed by atoms with Gasteiger partial charge in [-0.05, 0) is 30.4 Å². The average molecular weight is 222 g/mol. The summed E-state index contributed by atoms with van der Waals surface area (Å²) in [5.74, 6) is 0. The van der Waals surface area contributed by atoms with Crippen LogP contribution in [0.2, 0.25) is 0 Å². The van der Waals surface area contributed by atoms with Crippen molar-refractivity contribution in [3.63, 3.8) is 0 Å². The summed E-state index contributed by atoms with van der Waals surface area (Å²) in [7, 11) is 0. The molecule has 0 aliphatic carbocycles. The second kappa shape index (κ2) is 10.7. The lowest BCUT2D eigenvalue weighted by Gasteiger charge is -2.07. The van der Waals surface area contributed by atoms with Gasteiger partial charge in [-0.25, -0.2) is 0 Å². The van der Waals surface area contributed by atoms with Gasteiger partial charge in [0.15, 0.2) is 0 Å². The van der Waals surface area contributed by atoms with Crippen LogP contribution in [0, 0.1) is 0 Å². The Balaban J connectivity index is 0.00000106. The highest BCUT2D eigenvalue weighted by atomic mass is 16.2. The zero-order valence-electron chi connectivity index (χ0n) is 11.0. The molecule has 1 nitrogen and oxygen atoms in total. The summed E-state index contributed by atoms with van der Waals surface area (Å²) in [6.45, 7) is 6.48. The van der Waals surface area contributed by atoms with Gasteiger partial charge in [0.25, 0.3) is 0 Å². The molecule has 1 aromatic carbocycles. The van der Waals surface area contributed by atoms with Crippen LogP contribution in [-0.4, -0.2) is 11.7 Å². The second-order valence-corrected chi connectivity index (χ2v) is 3.70. The van der Waals surface area contributed by atoms with Crippen LogP contribution in [0.15, 0.2) is 24.3 Å². The number of rotatable bonds is 6. The van der Waals surface area contributed by atoms with Crippen LogP contribution in [0.25, 0.3) is 0 Å². The van der Waals surface area contributed by atoms with Gasteiger partial charge in [0.1, 0.15) is 0 Å². The van der Waals surface area contributed by atoms with Gasteiger partial charge in [-0.2, -0.15) is 0 Å². The lowest BCUT2D eigenvalue weighted by atomic mass is 9.99. The minimum atomic E-state index is 0.255. The van der Waals surface area contributed by atoms with Crippen molar-refractivity contribution in [3.8, 4) is 0 Å². The number of aryl methyl sites for hydroxylation is 1. The molecule has 0 saturated heterocycles. The summed E-state index contributed by atoms with van der Waals surface area (Å²) in [5.41, 5.74) is 2.72. The van der Waals surface area contributed by atoms with Crippen LogP contribution < -0.4 is 0 Å².